The number of aromatic hydroxyl groups is 1. The van der Waals surface area contributed by atoms with E-state index >= 15 is 0 Å². The maximum absolute atomic E-state index is 11.9. The Kier molecular flexibility index (Phi) is 11.8. The molecule has 2 aliphatic rings. The van der Waals surface area contributed by atoms with Crippen LogP contribution in [0.25, 0.3) is 21.6 Å². The molecule has 4 aromatic carbocycles. The molecule has 0 radical (unpaired) electrons. The Balaban J connectivity index is 1.08. The first kappa shape index (κ1) is 35.8. The average Bonchev–Trinajstić information content (AvgIpc) is 3.56. The van der Waals surface area contributed by atoms with Gasteiger partial charge in [-0.1, -0.05) is 87.5 Å². The number of methoxy groups -OCH3 is 2. The Morgan fingerprint density at radius 3 is 1.43 bits per heavy atom. The quantitative estimate of drug-likeness (QED) is 0.102. The molecule has 266 valence electrons. The number of phenolic OH excluding ortho intramolecular Hbond substituents is 1. The van der Waals surface area contributed by atoms with E-state index in [2.05, 4.69) is 80.3 Å². The predicted molar refractivity (Wildman–Crippen MR) is 213 cm³/mol. The zero-order valence-corrected chi connectivity index (χ0v) is 31.9. The molecule has 3 heterocycles. The number of hydrogen-bond donors (Lipinski definition) is 1. The molecule has 0 amide bonds. The third kappa shape index (κ3) is 8.89. The van der Waals surface area contributed by atoms with Crippen LogP contribution in [0.2, 0.25) is 0 Å². The molecule has 2 saturated heterocycles. The van der Waals surface area contributed by atoms with Crippen LogP contribution in [0.1, 0.15) is 22.3 Å². The minimum Gasteiger partial charge on any atom is -0.507 e. The average molecular weight is 739 g/mol. The summed E-state index contributed by atoms with van der Waals surface area (Å²) in [6.45, 7) is 11.1. The number of phenols is 1. The first-order valence-electron chi connectivity index (χ1n) is 17.6. The van der Waals surface area contributed by atoms with Crippen molar-refractivity contribution in [3.05, 3.63) is 117 Å². The van der Waals surface area contributed by atoms with Gasteiger partial charge < -0.3 is 14.6 Å². The van der Waals surface area contributed by atoms with Crippen molar-refractivity contribution in [1.29, 1.82) is 0 Å². The molecule has 0 aliphatic carbocycles. The lowest BCUT2D eigenvalue weighted by molar-refractivity contribution is 0.119. The fourth-order valence-electron chi connectivity index (χ4n) is 7.11. The third-order valence-corrected chi connectivity index (χ3v) is 13.1. The number of benzene rings is 4. The lowest BCUT2D eigenvalue weighted by Crippen LogP contribution is -2.45. The predicted octanol–water partition coefficient (Wildman–Crippen LogP) is 8.23. The highest BCUT2D eigenvalue weighted by atomic mass is 32.9. The first-order chi connectivity index (χ1) is 24.9. The second-order valence-electron chi connectivity index (χ2n) is 13.5. The van der Waals surface area contributed by atoms with Gasteiger partial charge in [0, 0.05) is 95.2 Å². The smallest absolute Gasteiger partial charge is 0.124 e. The summed E-state index contributed by atoms with van der Waals surface area (Å²) in [4.78, 5) is 11.2. The zero-order valence-electron chi connectivity index (χ0n) is 29.4. The van der Waals surface area contributed by atoms with Gasteiger partial charge in [-0.15, -0.1) is 0 Å². The van der Waals surface area contributed by atoms with Crippen molar-refractivity contribution in [3.8, 4) is 38.8 Å². The summed E-state index contributed by atoms with van der Waals surface area (Å²) in [6.07, 6.45) is 0. The maximum atomic E-state index is 11.9. The van der Waals surface area contributed by atoms with Gasteiger partial charge in [0.15, 0.2) is 0 Å². The van der Waals surface area contributed by atoms with E-state index in [0.29, 0.717) is 5.75 Å². The zero-order chi connectivity index (χ0) is 35.2. The van der Waals surface area contributed by atoms with Crippen LogP contribution >= 0.6 is 32.9 Å². The van der Waals surface area contributed by atoms with Gasteiger partial charge in [0.2, 0.25) is 0 Å². The lowest BCUT2D eigenvalue weighted by atomic mass is 9.98. The number of ether oxygens (including phenoxy) is 2. The summed E-state index contributed by atoms with van der Waals surface area (Å²) in [5, 5.41) is 11.9. The van der Waals surface area contributed by atoms with Gasteiger partial charge >= 0.3 is 0 Å². The summed E-state index contributed by atoms with van der Waals surface area (Å²) in [5.74, 6) is 2.21. The van der Waals surface area contributed by atoms with Crippen LogP contribution in [0.4, 0.5) is 0 Å². The van der Waals surface area contributed by atoms with Gasteiger partial charge in [-0.05, 0) is 58.7 Å². The standard InChI is InChI=1S/C41H46N4O3S3/c1-47-36-12-8-30(9-13-36)26-42-16-20-44(21-17-42)28-34-24-33(40-38(41(49)51-50-40)32-6-4-3-5-7-32)25-35(39(34)46)29-45-22-18-43(19-23-45)27-31-10-14-37(48-2)15-11-31/h3-15,24-25,46H,16-23,26-29H2,1-2H3. The van der Waals surface area contributed by atoms with Crippen LogP contribution in [0.3, 0.4) is 0 Å². The Morgan fingerprint density at radius 1 is 0.569 bits per heavy atom. The van der Waals surface area contributed by atoms with Gasteiger partial charge in [0.1, 0.15) is 21.1 Å². The topological polar surface area (TPSA) is 51.7 Å². The highest BCUT2D eigenvalue weighted by Gasteiger charge is 2.24. The summed E-state index contributed by atoms with van der Waals surface area (Å²) in [6, 6.07) is 31.7. The molecule has 5 aromatic rings. The molecular formula is C41H46N4O3S3. The van der Waals surface area contributed by atoms with Crippen molar-refractivity contribution in [1.82, 2.24) is 19.6 Å². The Labute approximate surface area is 314 Å². The molecular weight excluding hydrogens is 693 g/mol. The normalized spacial score (nSPS) is 16.4. The van der Waals surface area contributed by atoms with Crippen molar-refractivity contribution in [2.24, 2.45) is 0 Å². The minimum absolute atomic E-state index is 0.431. The van der Waals surface area contributed by atoms with Gasteiger partial charge in [-0.2, -0.15) is 0 Å². The second-order valence-corrected chi connectivity index (χ2v) is 16.3. The lowest BCUT2D eigenvalue weighted by Gasteiger charge is -2.36. The molecule has 0 atom stereocenters. The Hall–Kier alpha value is -3.61. The Bertz CT molecular complexity index is 1840. The first-order valence-corrected chi connectivity index (χ1v) is 20.2. The molecule has 0 spiro atoms. The van der Waals surface area contributed by atoms with E-state index in [9.17, 15) is 5.11 Å². The molecule has 0 unspecified atom stereocenters. The molecule has 2 aliphatic heterocycles. The summed E-state index contributed by atoms with van der Waals surface area (Å²) < 4.78 is 11.6. The molecule has 2 fully saturated rings. The molecule has 10 heteroatoms. The molecule has 51 heavy (non-hydrogen) atoms. The van der Waals surface area contributed by atoms with Crippen molar-refractivity contribution in [2.75, 3.05) is 66.6 Å². The minimum atomic E-state index is 0.431. The van der Waals surface area contributed by atoms with E-state index in [1.165, 1.54) is 16.0 Å². The summed E-state index contributed by atoms with van der Waals surface area (Å²) >= 11 is 5.89. The largest absolute Gasteiger partial charge is 0.507 e. The van der Waals surface area contributed by atoms with Gasteiger partial charge in [-0.25, -0.2) is 0 Å². The van der Waals surface area contributed by atoms with E-state index in [-0.39, 0.29) is 0 Å². The molecule has 0 saturated carbocycles. The molecule has 0 bridgehead atoms. The van der Waals surface area contributed by atoms with Crippen LogP contribution in [-0.4, -0.2) is 91.3 Å². The summed E-state index contributed by atoms with van der Waals surface area (Å²) in [5.41, 5.74) is 8.00. The van der Waals surface area contributed by atoms with Crippen LogP contribution < -0.4 is 9.47 Å². The highest BCUT2D eigenvalue weighted by molar-refractivity contribution is 7.80. The fourth-order valence-corrected chi connectivity index (χ4v) is 10.0. The summed E-state index contributed by atoms with van der Waals surface area (Å²) in [7, 11) is 6.82. The van der Waals surface area contributed by atoms with Gasteiger partial charge in [0.05, 0.1) is 19.1 Å². The highest BCUT2D eigenvalue weighted by Crippen LogP contribution is 2.43. The van der Waals surface area contributed by atoms with Crippen LogP contribution in [0, 0.1) is 3.82 Å². The number of hydrogen-bond acceptors (Lipinski definition) is 10. The molecule has 7 rings (SSSR count). The van der Waals surface area contributed by atoms with E-state index in [4.69, 9.17) is 21.7 Å². The van der Waals surface area contributed by atoms with E-state index in [1.54, 1.807) is 34.9 Å². The maximum Gasteiger partial charge on any atom is 0.124 e. The fraction of sp³-hybridized carbons (Fsp3) is 0.341. The van der Waals surface area contributed by atoms with Crippen LogP contribution in [-0.2, 0) is 26.2 Å². The monoisotopic (exact) mass is 738 g/mol. The van der Waals surface area contributed by atoms with Gasteiger partial charge in [0.25, 0.3) is 0 Å². The van der Waals surface area contributed by atoms with Crippen LogP contribution in [0.5, 0.6) is 17.2 Å². The SMILES string of the molecule is COc1ccc(CN2CCN(Cc3cc(-c4ssc(=S)c4-c4ccccc4)cc(CN4CCN(Cc5ccc(OC)cc5)CC4)c3O)CC2)cc1. The van der Waals surface area contributed by atoms with Crippen molar-refractivity contribution >= 4 is 32.9 Å². The molecule has 1 aromatic heterocycles. The van der Waals surface area contributed by atoms with Crippen molar-refractivity contribution in [2.45, 2.75) is 26.2 Å². The number of rotatable bonds is 12. The van der Waals surface area contributed by atoms with Crippen LogP contribution in [0.15, 0.2) is 91.0 Å². The number of piperazine rings is 2. The van der Waals surface area contributed by atoms with Crippen molar-refractivity contribution in [3.63, 3.8) is 0 Å². The third-order valence-electron chi connectivity index (χ3n) is 10.1. The van der Waals surface area contributed by atoms with Crippen molar-refractivity contribution < 1.29 is 14.6 Å². The van der Waals surface area contributed by atoms with Gasteiger partial charge in [-0.3, -0.25) is 19.6 Å². The molecule has 1 N–H and O–H groups in total. The molecule has 7 nitrogen and oxygen atoms in total. The van der Waals surface area contributed by atoms with E-state index in [1.807, 2.05) is 30.3 Å². The van der Waals surface area contributed by atoms with E-state index < -0.39 is 0 Å². The van der Waals surface area contributed by atoms with E-state index in [0.717, 1.165) is 122 Å². The number of nitrogens with zero attached hydrogens (tertiary/aromatic N) is 4. The second kappa shape index (κ2) is 16.8. The Morgan fingerprint density at radius 2 is 1.00 bits per heavy atom.